The van der Waals surface area contributed by atoms with E-state index in [0.29, 0.717) is 11.4 Å². The third-order valence-corrected chi connectivity index (χ3v) is 5.53. The Labute approximate surface area is 157 Å². The zero-order chi connectivity index (χ0) is 18.4. The van der Waals surface area contributed by atoms with Crippen LogP contribution in [0.4, 0.5) is 0 Å². The van der Waals surface area contributed by atoms with E-state index in [9.17, 15) is 9.59 Å². The van der Waals surface area contributed by atoms with Gasteiger partial charge in [0.25, 0.3) is 5.91 Å². The predicted molar refractivity (Wildman–Crippen MR) is 105 cm³/mol. The molecular weight excluding hydrogens is 352 g/mol. The zero-order valence-electron chi connectivity index (χ0n) is 15.0. The summed E-state index contributed by atoms with van der Waals surface area (Å²) in [6.07, 6.45) is 2.04. The van der Waals surface area contributed by atoms with Crippen LogP contribution < -0.4 is 5.32 Å². The summed E-state index contributed by atoms with van der Waals surface area (Å²) in [4.78, 5) is 28.6. The first-order valence-electron chi connectivity index (χ1n) is 8.14. The fraction of sp³-hybridized carbons (Fsp3) is 0.368. The highest BCUT2D eigenvalue weighted by Crippen LogP contribution is 2.17. The van der Waals surface area contributed by atoms with Crippen molar-refractivity contribution in [3.05, 3.63) is 52.2 Å². The van der Waals surface area contributed by atoms with E-state index in [0.717, 1.165) is 5.56 Å². The third-order valence-electron chi connectivity index (χ3n) is 3.92. The maximum Gasteiger partial charge on any atom is 0.262 e. The normalized spacial score (nSPS) is 12.0. The first-order valence-corrected chi connectivity index (χ1v) is 10.2. The summed E-state index contributed by atoms with van der Waals surface area (Å²) in [5.74, 6) is -0.258. The number of carbonyl (C=O) groups is 2. The van der Waals surface area contributed by atoms with Crippen LogP contribution in [0.25, 0.3) is 0 Å². The monoisotopic (exact) mass is 376 g/mol. The Hall–Kier alpha value is -1.79. The van der Waals surface area contributed by atoms with Gasteiger partial charge in [-0.15, -0.1) is 23.1 Å². The summed E-state index contributed by atoms with van der Waals surface area (Å²) < 4.78 is 0. The molecule has 134 valence electrons. The van der Waals surface area contributed by atoms with Crippen molar-refractivity contribution in [2.75, 3.05) is 13.3 Å². The molecule has 0 fully saturated rings. The van der Waals surface area contributed by atoms with Crippen LogP contribution in [0.2, 0.25) is 0 Å². The topological polar surface area (TPSA) is 49.4 Å². The third kappa shape index (κ3) is 5.34. The molecule has 0 saturated carbocycles. The van der Waals surface area contributed by atoms with Gasteiger partial charge in [-0.2, -0.15) is 0 Å². The Morgan fingerprint density at radius 1 is 1.20 bits per heavy atom. The zero-order valence-corrected chi connectivity index (χ0v) is 16.6. The summed E-state index contributed by atoms with van der Waals surface area (Å²) in [7, 11) is 1.78. The second-order valence-corrected chi connectivity index (χ2v) is 8.04. The average molecular weight is 377 g/mol. The molecule has 0 aliphatic heterocycles. The average Bonchev–Trinajstić information content (AvgIpc) is 3.14. The number of thioether (sulfide) groups is 1. The molecule has 0 unspecified atom stereocenters. The number of hydrogen-bond donors (Lipinski definition) is 1. The van der Waals surface area contributed by atoms with Crippen LogP contribution in [0.3, 0.4) is 0 Å². The van der Waals surface area contributed by atoms with Crippen molar-refractivity contribution in [1.82, 2.24) is 10.2 Å². The van der Waals surface area contributed by atoms with E-state index in [-0.39, 0.29) is 17.7 Å². The first-order chi connectivity index (χ1) is 11.9. The van der Waals surface area contributed by atoms with Gasteiger partial charge < -0.3 is 10.2 Å². The molecule has 0 aliphatic carbocycles. The lowest BCUT2D eigenvalue weighted by atomic mass is 10.0. The number of thiophene rings is 1. The molecule has 1 atom stereocenters. The number of likely N-dealkylation sites (N-methyl/N-ethyl adjacent to an activating group) is 1. The van der Waals surface area contributed by atoms with Crippen molar-refractivity contribution >= 4 is 34.9 Å². The molecule has 1 heterocycles. The van der Waals surface area contributed by atoms with Crippen LogP contribution >= 0.6 is 23.1 Å². The van der Waals surface area contributed by atoms with Crippen molar-refractivity contribution in [2.45, 2.75) is 31.3 Å². The summed E-state index contributed by atoms with van der Waals surface area (Å²) in [6.45, 7) is 4.41. The summed E-state index contributed by atoms with van der Waals surface area (Å²) >= 11 is 3.06. The summed E-state index contributed by atoms with van der Waals surface area (Å²) in [5.41, 5.74) is 1.07. The number of nitrogens with one attached hydrogen (secondary N) is 1. The predicted octanol–water partition coefficient (Wildman–Crippen LogP) is 3.88. The van der Waals surface area contributed by atoms with Crippen molar-refractivity contribution in [1.29, 1.82) is 0 Å². The van der Waals surface area contributed by atoms with Crippen LogP contribution in [-0.2, 0) is 11.3 Å². The van der Waals surface area contributed by atoms with Crippen LogP contribution in [-0.4, -0.2) is 36.1 Å². The van der Waals surface area contributed by atoms with Gasteiger partial charge in [0.05, 0.1) is 4.88 Å². The minimum Gasteiger partial charge on any atom is -0.340 e. The van der Waals surface area contributed by atoms with Crippen molar-refractivity contribution in [3.63, 3.8) is 0 Å². The smallest absolute Gasteiger partial charge is 0.262 e. The molecule has 1 aromatic carbocycles. The molecule has 0 spiro atoms. The molecule has 4 nitrogen and oxygen atoms in total. The summed E-state index contributed by atoms with van der Waals surface area (Å²) in [5, 5.41) is 4.73. The molecule has 1 aromatic heterocycles. The van der Waals surface area contributed by atoms with Gasteiger partial charge in [-0.3, -0.25) is 9.59 Å². The van der Waals surface area contributed by atoms with Gasteiger partial charge in [0.1, 0.15) is 6.04 Å². The van der Waals surface area contributed by atoms with E-state index in [1.165, 1.54) is 16.2 Å². The number of rotatable bonds is 7. The lowest BCUT2D eigenvalue weighted by molar-refractivity contribution is -0.133. The molecule has 0 aliphatic rings. The standard InChI is InChI=1S/C19H24N2O2S2/c1-13(2)17(20-18(22)16-6-5-11-25-16)19(23)21(3)12-14-7-9-15(24-4)10-8-14/h5-11,13,17H,12H2,1-4H3,(H,20,22)/t17-/m0/s1. The van der Waals surface area contributed by atoms with Gasteiger partial charge in [0, 0.05) is 18.5 Å². The fourth-order valence-corrected chi connectivity index (χ4v) is 3.49. The molecule has 25 heavy (non-hydrogen) atoms. The largest absolute Gasteiger partial charge is 0.340 e. The summed E-state index contributed by atoms with van der Waals surface area (Å²) in [6, 6.07) is 11.2. The maximum absolute atomic E-state index is 12.8. The van der Waals surface area contributed by atoms with Gasteiger partial charge in [0.15, 0.2) is 0 Å². The maximum atomic E-state index is 12.8. The molecular formula is C19H24N2O2S2. The Bertz CT molecular complexity index is 697. The van der Waals surface area contributed by atoms with Gasteiger partial charge in [-0.25, -0.2) is 0 Å². The number of amides is 2. The highest BCUT2D eigenvalue weighted by atomic mass is 32.2. The molecule has 1 N–H and O–H groups in total. The van der Waals surface area contributed by atoms with Gasteiger partial charge in [0.2, 0.25) is 5.91 Å². The van der Waals surface area contributed by atoms with Gasteiger partial charge in [-0.1, -0.05) is 32.0 Å². The molecule has 0 radical (unpaired) electrons. The molecule has 0 saturated heterocycles. The first kappa shape index (κ1) is 19.5. The number of benzene rings is 1. The van der Waals surface area contributed by atoms with E-state index in [1.54, 1.807) is 29.8 Å². The minimum atomic E-state index is -0.537. The van der Waals surface area contributed by atoms with Crippen LogP contribution in [0.1, 0.15) is 29.1 Å². The van der Waals surface area contributed by atoms with E-state index in [2.05, 4.69) is 17.4 Å². The highest BCUT2D eigenvalue weighted by Gasteiger charge is 2.27. The van der Waals surface area contributed by atoms with Crippen molar-refractivity contribution in [3.8, 4) is 0 Å². The molecule has 2 aromatic rings. The fourth-order valence-electron chi connectivity index (χ4n) is 2.45. The minimum absolute atomic E-state index is 0.0118. The van der Waals surface area contributed by atoms with E-state index < -0.39 is 6.04 Å². The Balaban J connectivity index is 2.03. The number of nitrogens with zero attached hydrogens (tertiary/aromatic N) is 1. The Morgan fingerprint density at radius 2 is 1.88 bits per heavy atom. The second-order valence-electron chi connectivity index (χ2n) is 6.21. The Kier molecular flexibility index (Phi) is 7.08. The van der Waals surface area contributed by atoms with Gasteiger partial charge in [-0.05, 0) is 41.3 Å². The van der Waals surface area contributed by atoms with Crippen molar-refractivity contribution < 1.29 is 9.59 Å². The van der Waals surface area contributed by atoms with Crippen LogP contribution in [0.15, 0.2) is 46.7 Å². The van der Waals surface area contributed by atoms with Crippen LogP contribution in [0, 0.1) is 5.92 Å². The lowest BCUT2D eigenvalue weighted by Crippen LogP contribution is -2.49. The van der Waals surface area contributed by atoms with E-state index >= 15 is 0 Å². The van der Waals surface area contributed by atoms with E-state index in [1.807, 2.05) is 43.7 Å². The SMILES string of the molecule is CSc1ccc(CN(C)C(=O)[C@@H](NC(=O)c2cccs2)C(C)C)cc1. The Morgan fingerprint density at radius 3 is 2.40 bits per heavy atom. The molecule has 6 heteroatoms. The second kappa shape index (κ2) is 9.06. The van der Waals surface area contributed by atoms with E-state index in [4.69, 9.17) is 0 Å². The molecule has 2 rings (SSSR count). The quantitative estimate of drug-likeness (QED) is 0.746. The molecule has 2 amide bonds. The number of hydrogen-bond acceptors (Lipinski definition) is 4. The van der Waals surface area contributed by atoms with Gasteiger partial charge >= 0.3 is 0 Å². The lowest BCUT2D eigenvalue weighted by Gasteiger charge is -2.27. The number of carbonyl (C=O) groups excluding carboxylic acids is 2. The molecule has 0 bridgehead atoms. The van der Waals surface area contributed by atoms with Crippen LogP contribution in [0.5, 0.6) is 0 Å². The van der Waals surface area contributed by atoms with Crippen molar-refractivity contribution in [2.24, 2.45) is 5.92 Å². The highest BCUT2D eigenvalue weighted by molar-refractivity contribution is 7.98.